The van der Waals surface area contributed by atoms with Gasteiger partial charge in [0.2, 0.25) is 0 Å². The Balaban J connectivity index is 2.11. The zero-order valence-electron chi connectivity index (χ0n) is 9.68. The predicted octanol–water partition coefficient (Wildman–Crippen LogP) is 1.86. The van der Waals surface area contributed by atoms with Crippen molar-refractivity contribution in [1.82, 2.24) is 10.2 Å². The quantitative estimate of drug-likeness (QED) is 0.741. The second kappa shape index (κ2) is 4.19. The van der Waals surface area contributed by atoms with E-state index >= 15 is 0 Å². The third kappa shape index (κ3) is 1.59. The van der Waals surface area contributed by atoms with Crippen LogP contribution in [-0.4, -0.2) is 37.6 Å². The van der Waals surface area contributed by atoms with Crippen LogP contribution >= 0.6 is 0 Å². The molecule has 0 radical (unpaired) electrons. The summed E-state index contributed by atoms with van der Waals surface area (Å²) in [5, 5.41) is 3.42. The zero-order valence-corrected chi connectivity index (χ0v) is 9.68. The second-order valence-corrected chi connectivity index (χ2v) is 5.14. The van der Waals surface area contributed by atoms with Crippen molar-refractivity contribution in [2.75, 3.05) is 27.2 Å². The molecule has 2 aliphatic rings. The average molecular weight is 196 g/mol. The number of rotatable bonds is 3. The van der Waals surface area contributed by atoms with Crippen LogP contribution in [0.15, 0.2) is 0 Å². The fourth-order valence-corrected chi connectivity index (χ4v) is 3.69. The Bertz CT molecular complexity index is 187. The Kier molecular flexibility index (Phi) is 3.13. The molecule has 2 rings (SSSR count). The molecular formula is C12H24N2. The second-order valence-electron chi connectivity index (χ2n) is 5.14. The van der Waals surface area contributed by atoms with Gasteiger partial charge in [0.1, 0.15) is 0 Å². The molecule has 0 amide bonds. The van der Waals surface area contributed by atoms with Crippen molar-refractivity contribution < 1.29 is 0 Å². The van der Waals surface area contributed by atoms with Crippen LogP contribution in [0.1, 0.15) is 38.5 Å². The summed E-state index contributed by atoms with van der Waals surface area (Å²) in [4.78, 5) is 2.62. The van der Waals surface area contributed by atoms with Gasteiger partial charge in [0.05, 0.1) is 0 Å². The Morgan fingerprint density at radius 1 is 1.29 bits per heavy atom. The van der Waals surface area contributed by atoms with Gasteiger partial charge in [-0.25, -0.2) is 0 Å². The van der Waals surface area contributed by atoms with Crippen LogP contribution in [0.3, 0.4) is 0 Å². The van der Waals surface area contributed by atoms with Crippen molar-refractivity contribution >= 4 is 0 Å². The Hall–Kier alpha value is -0.0800. The molecule has 1 aliphatic heterocycles. The first-order chi connectivity index (χ1) is 6.79. The topological polar surface area (TPSA) is 15.3 Å². The van der Waals surface area contributed by atoms with Crippen LogP contribution in [0.5, 0.6) is 0 Å². The van der Waals surface area contributed by atoms with E-state index in [9.17, 15) is 0 Å². The molecule has 0 spiro atoms. The number of likely N-dealkylation sites (N-methyl/N-ethyl adjacent to an activating group) is 2. The lowest BCUT2D eigenvalue weighted by Gasteiger charge is -2.41. The molecule has 0 aromatic carbocycles. The molecule has 2 heteroatoms. The summed E-state index contributed by atoms with van der Waals surface area (Å²) in [5.74, 6) is 0.961. The van der Waals surface area contributed by atoms with E-state index < -0.39 is 0 Å². The van der Waals surface area contributed by atoms with Crippen molar-refractivity contribution in [1.29, 1.82) is 0 Å². The Morgan fingerprint density at radius 2 is 2.00 bits per heavy atom. The number of hydrogen-bond donors (Lipinski definition) is 1. The van der Waals surface area contributed by atoms with Gasteiger partial charge in [-0.1, -0.05) is 12.8 Å². The number of nitrogens with zero attached hydrogens (tertiary/aromatic N) is 1. The van der Waals surface area contributed by atoms with Crippen LogP contribution in [-0.2, 0) is 0 Å². The molecular weight excluding hydrogens is 172 g/mol. The number of hydrogen-bond acceptors (Lipinski definition) is 2. The highest BCUT2D eigenvalue weighted by molar-refractivity contribution is 5.02. The van der Waals surface area contributed by atoms with E-state index in [1.54, 1.807) is 0 Å². The van der Waals surface area contributed by atoms with E-state index in [0.29, 0.717) is 5.54 Å². The van der Waals surface area contributed by atoms with Gasteiger partial charge in [-0.3, -0.25) is 4.90 Å². The van der Waals surface area contributed by atoms with E-state index in [-0.39, 0.29) is 0 Å². The first-order valence-electron chi connectivity index (χ1n) is 6.15. The number of likely N-dealkylation sites (tertiary alicyclic amines) is 1. The molecule has 1 unspecified atom stereocenters. The maximum atomic E-state index is 3.42. The molecule has 1 N–H and O–H groups in total. The molecule has 1 aliphatic carbocycles. The minimum atomic E-state index is 0.505. The summed E-state index contributed by atoms with van der Waals surface area (Å²) in [6.07, 6.45) is 8.66. The van der Waals surface area contributed by atoms with Crippen molar-refractivity contribution in [3.05, 3.63) is 0 Å². The zero-order chi connectivity index (χ0) is 10.0. The van der Waals surface area contributed by atoms with E-state index in [1.165, 1.54) is 51.6 Å². The molecule has 14 heavy (non-hydrogen) atoms. The molecule has 1 saturated carbocycles. The van der Waals surface area contributed by atoms with Gasteiger partial charge < -0.3 is 5.32 Å². The largest absolute Gasteiger partial charge is 0.318 e. The van der Waals surface area contributed by atoms with Gasteiger partial charge >= 0.3 is 0 Å². The summed E-state index contributed by atoms with van der Waals surface area (Å²) in [5.41, 5.74) is 0.505. The van der Waals surface area contributed by atoms with Gasteiger partial charge in [-0.05, 0) is 52.2 Å². The minimum absolute atomic E-state index is 0.505. The summed E-state index contributed by atoms with van der Waals surface area (Å²) >= 11 is 0. The van der Waals surface area contributed by atoms with Gasteiger partial charge in [0.15, 0.2) is 0 Å². The molecule has 2 fully saturated rings. The standard InChI is InChI=1S/C12H24N2/c1-13-10-12(8-5-9-14(12)2)11-6-3-4-7-11/h11,13H,3-10H2,1-2H3. The van der Waals surface area contributed by atoms with E-state index in [2.05, 4.69) is 24.3 Å². The van der Waals surface area contributed by atoms with Crippen molar-refractivity contribution in [2.24, 2.45) is 5.92 Å². The van der Waals surface area contributed by atoms with Crippen molar-refractivity contribution in [3.8, 4) is 0 Å². The van der Waals surface area contributed by atoms with Crippen molar-refractivity contribution in [2.45, 2.75) is 44.1 Å². The van der Waals surface area contributed by atoms with Gasteiger partial charge in [-0.2, -0.15) is 0 Å². The average Bonchev–Trinajstić information content (AvgIpc) is 2.77. The molecule has 2 nitrogen and oxygen atoms in total. The third-order valence-electron chi connectivity index (χ3n) is 4.46. The predicted molar refractivity (Wildman–Crippen MR) is 60.5 cm³/mol. The van der Waals surface area contributed by atoms with Gasteiger partial charge in [-0.15, -0.1) is 0 Å². The van der Waals surface area contributed by atoms with Crippen molar-refractivity contribution in [3.63, 3.8) is 0 Å². The molecule has 1 saturated heterocycles. The smallest absolute Gasteiger partial charge is 0.0359 e. The highest BCUT2D eigenvalue weighted by atomic mass is 15.2. The fraction of sp³-hybridized carbons (Fsp3) is 1.00. The molecule has 1 heterocycles. The van der Waals surface area contributed by atoms with E-state index in [0.717, 1.165) is 5.92 Å². The molecule has 82 valence electrons. The van der Waals surface area contributed by atoms with Crippen LogP contribution < -0.4 is 5.32 Å². The SMILES string of the molecule is CNCC1(C2CCCC2)CCCN1C. The molecule has 0 bridgehead atoms. The summed E-state index contributed by atoms with van der Waals surface area (Å²) in [6.45, 7) is 2.49. The normalized spacial score (nSPS) is 35.6. The molecule has 0 aromatic heterocycles. The monoisotopic (exact) mass is 196 g/mol. The first kappa shape index (κ1) is 10.4. The van der Waals surface area contributed by atoms with E-state index in [1.807, 2.05) is 0 Å². The van der Waals surface area contributed by atoms with Crippen LogP contribution in [0.4, 0.5) is 0 Å². The molecule has 1 atom stereocenters. The first-order valence-corrected chi connectivity index (χ1v) is 6.15. The fourth-order valence-electron chi connectivity index (χ4n) is 3.69. The van der Waals surface area contributed by atoms with Crippen LogP contribution in [0.2, 0.25) is 0 Å². The lowest BCUT2D eigenvalue weighted by molar-refractivity contribution is 0.0991. The molecule has 0 aromatic rings. The highest BCUT2D eigenvalue weighted by Crippen LogP contribution is 2.42. The third-order valence-corrected chi connectivity index (χ3v) is 4.46. The van der Waals surface area contributed by atoms with Gasteiger partial charge in [0, 0.05) is 12.1 Å². The summed E-state index contributed by atoms with van der Waals surface area (Å²) in [6, 6.07) is 0. The van der Waals surface area contributed by atoms with E-state index in [4.69, 9.17) is 0 Å². The van der Waals surface area contributed by atoms with Gasteiger partial charge in [0.25, 0.3) is 0 Å². The lowest BCUT2D eigenvalue weighted by Crippen LogP contribution is -2.53. The highest BCUT2D eigenvalue weighted by Gasteiger charge is 2.45. The maximum Gasteiger partial charge on any atom is 0.0359 e. The summed E-state index contributed by atoms with van der Waals surface area (Å²) < 4.78 is 0. The Labute approximate surface area is 88.1 Å². The maximum absolute atomic E-state index is 3.42. The Morgan fingerprint density at radius 3 is 2.50 bits per heavy atom. The van der Waals surface area contributed by atoms with Crippen LogP contribution in [0.25, 0.3) is 0 Å². The number of nitrogens with one attached hydrogen (secondary N) is 1. The van der Waals surface area contributed by atoms with Crippen LogP contribution in [0, 0.1) is 5.92 Å². The minimum Gasteiger partial charge on any atom is -0.318 e. The lowest BCUT2D eigenvalue weighted by atomic mass is 9.80. The summed E-state index contributed by atoms with van der Waals surface area (Å²) in [7, 11) is 4.42.